The van der Waals surface area contributed by atoms with Gasteiger partial charge in [-0.2, -0.15) is 5.26 Å². The highest BCUT2D eigenvalue weighted by molar-refractivity contribution is 7.10. The summed E-state index contributed by atoms with van der Waals surface area (Å²) in [7, 11) is 0. The summed E-state index contributed by atoms with van der Waals surface area (Å²) in [6.45, 7) is 2.22. The summed E-state index contributed by atoms with van der Waals surface area (Å²) in [5.41, 5.74) is -0.174. The third-order valence-electron chi connectivity index (χ3n) is 3.46. The van der Waals surface area contributed by atoms with Gasteiger partial charge in [-0.1, -0.05) is 25.8 Å². The monoisotopic (exact) mass is 205 g/mol. The highest BCUT2D eigenvalue weighted by Gasteiger charge is 2.40. The molecule has 1 saturated carbocycles. The van der Waals surface area contributed by atoms with Crippen molar-refractivity contribution in [3.05, 3.63) is 22.4 Å². The molecule has 0 aliphatic heterocycles. The summed E-state index contributed by atoms with van der Waals surface area (Å²) in [5, 5.41) is 11.5. The third-order valence-corrected chi connectivity index (χ3v) is 4.51. The Hall–Kier alpha value is -0.810. The van der Waals surface area contributed by atoms with E-state index in [9.17, 15) is 5.26 Å². The van der Waals surface area contributed by atoms with Gasteiger partial charge in [0.05, 0.1) is 11.5 Å². The fourth-order valence-corrected chi connectivity index (χ4v) is 3.49. The fourth-order valence-electron chi connectivity index (χ4n) is 2.47. The van der Waals surface area contributed by atoms with Gasteiger partial charge in [0, 0.05) is 4.88 Å². The van der Waals surface area contributed by atoms with Crippen LogP contribution in [0.5, 0.6) is 0 Å². The van der Waals surface area contributed by atoms with Crippen LogP contribution in [0.4, 0.5) is 0 Å². The van der Waals surface area contributed by atoms with Gasteiger partial charge in [-0.3, -0.25) is 0 Å². The molecule has 1 aliphatic rings. The lowest BCUT2D eigenvalue weighted by Gasteiger charge is -2.36. The van der Waals surface area contributed by atoms with Crippen molar-refractivity contribution in [3.8, 4) is 6.07 Å². The molecule has 1 aromatic rings. The van der Waals surface area contributed by atoms with Crippen LogP contribution in [0.25, 0.3) is 0 Å². The molecule has 2 heteroatoms. The lowest BCUT2D eigenvalue weighted by atomic mass is 9.67. The molecule has 2 atom stereocenters. The van der Waals surface area contributed by atoms with E-state index in [4.69, 9.17) is 0 Å². The zero-order valence-corrected chi connectivity index (χ0v) is 9.31. The number of hydrogen-bond donors (Lipinski definition) is 0. The van der Waals surface area contributed by atoms with Crippen LogP contribution < -0.4 is 0 Å². The molecule has 1 aromatic heterocycles. The Balaban J connectivity index is 2.38. The lowest BCUT2D eigenvalue weighted by Crippen LogP contribution is -2.34. The zero-order valence-electron chi connectivity index (χ0n) is 8.49. The number of hydrogen-bond acceptors (Lipinski definition) is 2. The van der Waals surface area contributed by atoms with Gasteiger partial charge in [-0.05, 0) is 30.2 Å². The van der Waals surface area contributed by atoms with Crippen LogP contribution in [0, 0.1) is 17.2 Å². The normalized spacial score (nSPS) is 32.4. The van der Waals surface area contributed by atoms with Crippen molar-refractivity contribution in [1.82, 2.24) is 0 Å². The lowest BCUT2D eigenvalue weighted by molar-refractivity contribution is 0.265. The Bertz CT molecular complexity index is 336. The first-order valence-electron chi connectivity index (χ1n) is 5.25. The fraction of sp³-hybridized carbons (Fsp3) is 0.583. The number of nitriles is 1. The minimum atomic E-state index is -0.174. The highest BCUT2D eigenvalue weighted by atomic mass is 32.1. The molecule has 0 spiro atoms. The summed E-state index contributed by atoms with van der Waals surface area (Å²) in [6.07, 6.45) is 4.74. The van der Waals surface area contributed by atoms with E-state index < -0.39 is 0 Å². The summed E-state index contributed by atoms with van der Waals surface area (Å²) < 4.78 is 0. The van der Waals surface area contributed by atoms with Crippen LogP contribution in [0.2, 0.25) is 0 Å². The Labute approximate surface area is 89.4 Å². The van der Waals surface area contributed by atoms with Gasteiger partial charge in [0.1, 0.15) is 0 Å². The van der Waals surface area contributed by atoms with Crippen LogP contribution >= 0.6 is 11.3 Å². The first kappa shape index (κ1) is 9.73. The number of thiophene rings is 1. The molecule has 0 radical (unpaired) electrons. The molecular weight excluding hydrogens is 190 g/mol. The van der Waals surface area contributed by atoms with Crippen molar-refractivity contribution in [1.29, 1.82) is 5.26 Å². The molecule has 14 heavy (non-hydrogen) atoms. The smallest absolute Gasteiger partial charge is 0.0940 e. The largest absolute Gasteiger partial charge is 0.197 e. The van der Waals surface area contributed by atoms with Gasteiger partial charge in [-0.15, -0.1) is 11.3 Å². The van der Waals surface area contributed by atoms with Crippen molar-refractivity contribution >= 4 is 11.3 Å². The molecule has 0 saturated heterocycles. The standard InChI is InChI=1S/C12H15NS/c1-10-5-2-3-7-12(10,9-13)11-6-4-8-14-11/h4,6,8,10H,2-3,5,7H2,1H3. The molecule has 2 unspecified atom stereocenters. The molecule has 1 nitrogen and oxygen atoms in total. The molecule has 0 amide bonds. The number of rotatable bonds is 1. The van der Waals surface area contributed by atoms with E-state index in [0.29, 0.717) is 5.92 Å². The Morgan fingerprint density at radius 2 is 2.43 bits per heavy atom. The van der Waals surface area contributed by atoms with Gasteiger partial charge >= 0.3 is 0 Å². The van der Waals surface area contributed by atoms with Crippen molar-refractivity contribution < 1.29 is 0 Å². The molecule has 2 rings (SSSR count). The summed E-state index contributed by atoms with van der Waals surface area (Å²) in [4.78, 5) is 1.27. The molecule has 0 bridgehead atoms. The molecule has 74 valence electrons. The van der Waals surface area contributed by atoms with Gasteiger partial charge < -0.3 is 0 Å². The van der Waals surface area contributed by atoms with Crippen LogP contribution in [-0.4, -0.2) is 0 Å². The Kier molecular flexibility index (Phi) is 2.60. The van der Waals surface area contributed by atoms with E-state index in [1.165, 1.54) is 24.1 Å². The highest BCUT2D eigenvalue weighted by Crippen LogP contribution is 2.44. The summed E-state index contributed by atoms with van der Waals surface area (Å²) in [5.74, 6) is 0.514. The van der Waals surface area contributed by atoms with Crippen molar-refractivity contribution in [2.75, 3.05) is 0 Å². The van der Waals surface area contributed by atoms with Gasteiger partial charge in [-0.25, -0.2) is 0 Å². The van der Waals surface area contributed by atoms with Crippen molar-refractivity contribution in [2.24, 2.45) is 5.92 Å². The quantitative estimate of drug-likeness (QED) is 0.685. The summed E-state index contributed by atoms with van der Waals surface area (Å²) >= 11 is 1.73. The number of nitrogens with zero attached hydrogens (tertiary/aromatic N) is 1. The second kappa shape index (κ2) is 3.74. The topological polar surface area (TPSA) is 23.8 Å². The molecule has 1 fully saturated rings. The van der Waals surface area contributed by atoms with Gasteiger partial charge in [0.25, 0.3) is 0 Å². The van der Waals surface area contributed by atoms with Crippen LogP contribution in [-0.2, 0) is 5.41 Å². The first-order chi connectivity index (χ1) is 6.79. The van der Waals surface area contributed by atoms with E-state index in [2.05, 4.69) is 30.5 Å². The summed E-state index contributed by atoms with van der Waals surface area (Å²) in [6, 6.07) is 6.76. The Morgan fingerprint density at radius 1 is 1.57 bits per heavy atom. The predicted octanol–water partition coefficient (Wildman–Crippen LogP) is 3.72. The first-order valence-corrected chi connectivity index (χ1v) is 6.13. The van der Waals surface area contributed by atoms with Crippen molar-refractivity contribution in [2.45, 2.75) is 38.0 Å². The second-order valence-corrected chi connectivity index (χ2v) is 5.15. The SMILES string of the molecule is CC1CCCCC1(C#N)c1cccs1. The predicted molar refractivity (Wildman–Crippen MR) is 59.2 cm³/mol. The van der Waals surface area contributed by atoms with E-state index in [-0.39, 0.29) is 5.41 Å². The van der Waals surface area contributed by atoms with Gasteiger partial charge in [0.15, 0.2) is 0 Å². The Morgan fingerprint density at radius 3 is 3.00 bits per heavy atom. The zero-order chi connectivity index (χ0) is 10.0. The molecule has 0 aromatic carbocycles. The van der Waals surface area contributed by atoms with E-state index >= 15 is 0 Å². The van der Waals surface area contributed by atoms with Crippen LogP contribution in [0.3, 0.4) is 0 Å². The maximum absolute atomic E-state index is 9.44. The molecule has 1 heterocycles. The van der Waals surface area contributed by atoms with Gasteiger partial charge in [0.2, 0.25) is 0 Å². The maximum Gasteiger partial charge on any atom is 0.0940 e. The van der Waals surface area contributed by atoms with E-state index in [1.807, 2.05) is 0 Å². The minimum absolute atomic E-state index is 0.174. The molecular formula is C12H15NS. The van der Waals surface area contributed by atoms with Crippen LogP contribution in [0.1, 0.15) is 37.5 Å². The average molecular weight is 205 g/mol. The average Bonchev–Trinajstić information content (AvgIpc) is 2.72. The maximum atomic E-state index is 9.44. The minimum Gasteiger partial charge on any atom is -0.197 e. The second-order valence-electron chi connectivity index (χ2n) is 4.21. The van der Waals surface area contributed by atoms with E-state index in [0.717, 1.165) is 6.42 Å². The molecule has 1 aliphatic carbocycles. The van der Waals surface area contributed by atoms with Crippen LogP contribution in [0.15, 0.2) is 17.5 Å². The third kappa shape index (κ3) is 1.36. The van der Waals surface area contributed by atoms with Crippen molar-refractivity contribution in [3.63, 3.8) is 0 Å². The van der Waals surface area contributed by atoms with E-state index in [1.54, 1.807) is 11.3 Å². The molecule has 0 N–H and O–H groups in total.